The number of aryl methyl sites for hydroxylation is 1. The molecular weight excluding hydrogens is 330 g/mol. The van der Waals surface area contributed by atoms with E-state index >= 15 is 0 Å². The Labute approximate surface area is 159 Å². The molecule has 0 amide bonds. The molecule has 0 radical (unpaired) electrons. The minimum absolute atomic E-state index is 0.458. The van der Waals surface area contributed by atoms with Gasteiger partial charge in [0.1, 0.15) is 17.4 Å². The molecule has 3 aromatic carbocycles. The van der Waals surface area contributed by atoms with E-state index in [2.05, 4.69) is 37.3 Å². The lowest BCUT2D eigenvalue weighted by molar-refractivity contribution is 0.523. The van der Waals surface area contributed by atoms with Crippen LogP contribution in [0.25, 0.3) is 22.5 Å². The maximum Gasteiger partial charge on any atom is 0.135 e. The molecule has 27 heavy (non-hydrogen) atoms. The number of rotatable bonds is 4. The summed E-state index contributed by atoms with van der Waals surface area (Å²) in [5, 5.41) is 9.92. The van der Waals surface area contributed by atoms with Gasteiger partial charge in [-0.2, -0.15) is 5.26 Å². The zero-order valence-electron chi connectivity index (χ0n) is 15.1. The number of hydrogen-bond donors (Lipinski definition) is 0. The van der Waals surface area contributed by atoms with Gasteiger partial charge in [-0.3, -0.25) is 0 Å². The highest BCUT2D eigenvalue weighted by Crippen LogP contribution is 2.39. The largest absolute Gasteiger partial charge is 0.459 e. The Kier molecular flexibility index (Phi) is 4.60. The Bertz CT molecular complexity index is 1070. The third kappa shape index (κ3) is 3.41. The second-order valence-electron chi connectivity index (χ2n) is 6.59. The van der Waals surface area contributed by atoms with Crippen LogP contribution in [0.1, 0.15) is 22.8 Å². The van der Waals surface area contributed by atoms with E-state index in [0.717, 1.165) is 28.0 Å². The first-order valence-corrected chi connectivity index (χ1v) is 8.97. The molecule has 0 aliphatic heterocycles. The molecule has 4 aromatic rings. The van der Waals surface area contributed by atoms with E-state index < -0.39 is 5.92 Å². The van der Waals surface area contributed by atoms with Crippen molar-refractivity contribution >= 4 is 0 Å². The molecule has 1 atom stereocenters. The molecule has 0 saturated carbocycles. The standard InChI is InChI=1S/C25H19NO/c1-18-12-14-20(15-13-18)22-16-24(21-10-6-3-7-11-21)27-25(22)23(17-26)19-8-4-2-5-9-19/h2-16,23H,1H3. The summed E-state index contributed by atoms with van der Waals surface area (Å²) in [6.07, 6.45) is 0. The molecule has 0 aliphatic rings. The van der Waals surface area contributed by atoms with Gasteiger partial charge in [-0.25, -0.2) is 0 Å². The summed E-state index contributed by atoms with van der Waals surface area (Å²) in [5.74, 6) is 1.00. The molecule has 0 bridgehead atoms. The monoisotopic (exact) mass is 349 g/mol. The fourth-order valence-corrected chi connectivity index (χ4v) is 3.25. The Balaban J connectivity index is 1.89. The van der Waals surface area contributed by atoms with Crippen molar-refractivity contribution in [3.8, 4) is 28.5 Å². The van der Waals surface area contributed by atoms with Gasteiger partial charge < -0.3 is 4.42 Å². The highest BCUT2D eigenvalue weighted by Gasteiger charge is 2.24. The number of nitrogens with zero attached hydrogens (tertiary/aromatic N) is 1. The highest BCUT2D eigenvalue weighted by molar-refractivity contribution is 5.74. The van der Waals surface area contributed by atoms with Gasteiger partial charge in [0.2, 0.25) is 0 Å². The maximum absolute atomic E-state index is 9.92. The number of nitriles is 1. The number of furan rings is 1. The summed E-state index contributed by atoms with van der Waals surface area (Å²) >= 11 is 0. The van der Waals surface area contributed by atoms with Crippen molar-refractivity contribution in [1.82, 2.24) is 0 Å². The molecule has 1 unspecified atom stereocenters. The summed E-state index contributed by atoms with van der Waals surface area (Å²) in [7, 11) is 0. The molecule has 0 fully saturated rings. The maximum atomic E-state index is 9.92. The lowest BCUT2D eigenvalue weighted by Crippen LogP contribution is -1.98. The molecular formula is C25H19NO. The van der Waals surface area contributed by atoms with Crippen LogP contribution in [0.5, 0.6) is 0 Å². The van der Waals surface area contributed by atoms with E-state index in [0.29, 0.717) is 5.76 Å². The first-order valence-electron chi connectivity index (χ1n) is 8.97. The van der Waals surface area contributed by atoms with Gasteiger partial charge >= 0.3 is 0 Å². The minimum Gasteiger partial charge on any atom is -0.459 e. The van der Waals surface area contributed by atoms with Gasteiger partial charge in [0.25, 0.3) is 0 Å². The van der Waals surface area contributed by atoms with E-state index in [-0.39, 0.29) is 0 Å². The quantitative estimate of drug-likeness (QED) is 0.417. The van der Waals surface area contributed by atoms with Crippen LogP contribution in [0.4, 0.5) is 0 Å². The summed E-state index contributed by atoms with van der Waals surface area (Å²) in [4.78, 5) is 0. The van der Waals surface area contributed by atoms with Crippen LogP contribution in [0, 0.1) is 18.3 Å². The van der Waals surface area contributed by atoms with E-state index in [1.807, 2.05) is 66.7 Å². The molecule has 130 valence electrons. The van der Waals surface area contributed by atoms with E-state index in [1.165, 1.54) is 5.56 Å². The zero-order chi connectivity index (χ0) is 18.6. The molecule has 1 aromatic heterocycles. The Morgan fingerprint density at radius 2 is 1.41 bits per heavy atom. The van der Waals surface area contributed by atoms with Crippen LogP contribution in [-0.4, -0.2) is 0 Å². The average Bonchev–Trinajstić information content (AvgIpc) is 3.16. The van der Waals surface area contributed by atoms with E-state index in [1.54, 1.807) is 0 Å². The van der Waals surface area contributed by atoms with Crippen LogP contribution in [0.3, 0.4) is 0 Å². The topological polar surface area (TPSA) is 36.9 Å². The molecule has 0 N–H and O–H groups in total. The van der Waals surface area contributed by atoms with Gasteiger partial charge in [0.15, 0.2) is 0 Å². The predicted octanol–water partition coefficient (Wildman–Crippen LogP) is 6.58. The predicted molar refractivity (Wildman–Crippen MR) is 108 cm³/mol. The Hall–Kier alpha value is -3.57. The normalized spacial score (nSPS) is 11.7. The average molecular weight is 349 g/mol. The second kappa shape index (κ2) is 7.35. The summed E-state index contributed by atoms with van der Waals surface area (Å²) < 4.78 is 6.27. The first-order chi connectivity index (χ1) is 13.3. The Morgan fingerprint density at radius 1 is 0.778 bits per heavy atom. The third-order valence-electron chi connectivity index (χ3n) is 4.71. The second-order valence-corrected chi connectivity index (χ2v) is 6.59. The summed E-state index contributed by atoms with van der Waals surface area (Å²) in [6, 6.07) is 32.6. The van der Waals surface area contributed by atoms with Crippen LogP contribution in [0.15, 0.2) is 95.4 Å². The first kappa shape index (κ1) is 16.9. The zero-order valence-corrected chi connectivity index (χ0v) is 15.1. The lowest BCUT2D eigenvalue weighted by atomic mass is 9.92. The molecule has 2 heteroatoms. The molecule has 1 heterocycles. The SMILES string of the molecule is Cc1ccc(-c2cc(-c3ccccc3)oc2C(C#N)c2ccccc2)cc1. The van der Waals surface area contributed by atoms with Gasteiger partial charge in [-0.05, 0) is 24.1 Å². The van der Waals surface area contributed by atoms with E-state index in [9.17, 15) is 5.26 Å². The van der Waals surface area contributed by atoms with Gasteiger partial charge in [-0.1, -0.05) is 90.5 Å². The third-order valence-corrected chi connectivity index (χ3v) is 4.71. The Morgan fingerprint density at radius 3 is 2.04 bits per heavy atom. The van der Waals surface area contributed by atoms with Crippen molar-refractivity contribution in [2.75, 3.05) is 0 Å². The van der Waals surface area contributed by atoms with Gasteiger partial charge in [0, 0.05) is 11.1 Å². The lowest BCUT2D eigenvalue weighted by Gasteiger charge is -2.10. The molecule has 0 saturated heterocycles. The summed E-state index contributed by atoms with van der Waals surface area (Å²) in [5.41, 5.74) is 5.15. The molecule has 2 nitrogen and oxygen atoms in total. The van der Waals surface area contributed by atoms with Crippen LogP contribution in [-0.2, 0) is 0 Å². The molecule has 4 rings (SSSR count). The smallest absolute Gasteiger partial charge is 0.135 e. The van der Waals surface area contributed by atoms with Crippen molar-refractivity contribution in [2.24, 2.45) is 0 Å². The van der Waals surface area contributed by atoms with Gasteiger partial charge in [0.05, 0.1) is 6.07 Å². The van der Waals surface area contributed by atoms with Gasteiger partial charge in [-0.15, -0.1) is 0 Å². The van der Waals surface area contributed by atoms with Crippen molar-refractivity contribution in [3.05, 3.63) is 108 Å². The molecule has 0 spiro atoms. The van der Waals surface area contributed by atoms with Crippen LogP contribution < -0.4 is 0 Å². The minimum atomic E-state index is -0.458. The highest BCUT2D eigenvalue weighted by atomic mass is 16.3. The van der Waals surface area contributed by atoms with Crippen molar-refractivity contribution in [3.63, 3.8) is 0 Å². The number of benzene rings is 3. The fraction of sp³-hybridized carbons (Fsp3) is 0.0800. The molecule has 0 aliphatic carbocycles. The van der Waals surface area contributed by atoms with E-state index in [4.69, 9.17) is 4.42 Å². The van der Waals surface area contributed by atoms with Crippen LogP contribution in [0.2, 0.25) is 0 Å². The van der Waals surface area contributed by atoms with Crippen LogP contribution >= 0.6 is 0 Å². The van der Waals surface area contributed by atoms with Crippen molar-refractivity contribution in [2.45, 2.75) is 12.8 Å². The van der Waals surface area contributed by atoms with Crippen molar-refractivity contribution in [1.29, 1.82) is 5.26 Å². The number of hydrogen-bond acceptors (Lipinski definition) is 2. The van der Waals surface area contributed by atoms with Crippen molar-refractivity contribution < 1.29 is 4.42 Å². The fourth-order valence-electron chi connectivity index (χ4n) is 3.25. The summed E-state index contributed by atoms with van der Waals surface area (Å²) in [6.45, 7) is 2.07.